The Bertz CT molecular complexity index is 1440. The maximum atomic E-state index is 13.0. The standard InChI is InChI=1S/C30H33N3O4S/c31-38(36,37)28-11-4-3-8-25(28)22-14-12-20(13-15-22)18-32-29(34)26-9-5-10-27(26)30(35)33-19-23-17-16-21-6-1-2-7-24(21)23/h1-4,6-8,11-15,23,26-27H,5,9-10,16-19H2,(H,32,34)(H,33,35)(H2,31,36,37)/t23?,26?,27-/m1/s1. The SMILES string of the molecule is NS(=O)(=O)c1ccccc1-c1ccc(CNC(=O)C2CCC[C@H]2C(=O)NCC2CCc3ccccc32)cc1. The minimum absolute atomic E-state index is 0.0232. The van der Waals surface area contributed by atoms with Gasteiger partial charge < -0.3 is 10.6 Å². The van der Waals surface area contributed by atoms with Gasteiger partial charge in [0.25, 0.3) is 0 Å². The molecule has 5 rings (SSSR count). The van der Waals surface area contributed by atoms with Crippen molar-refractivity contribution in [3.8, 4) is 11.1 Å². The number of hydrogen-bond donors (Lipinski definition) is 3. The van der Waals surface area contributed by atoms with E-state index in [0.717, 1.165) is 36.8 Å². The Morgan fingerprint density at radius 3 is 2.21 bits per heavy atom. The average Bonchev–Trinajstić information content (AvgIpc) is 3.58. The normalized spacial score (nSPS) is 20.6. The second-order valence-corrected chi connectivity index (χ2v) is 11.8. The lowest BCUT2D eigenvalue weighted by molar-refractivity contribution is -0.133. The molecule has 1 fully saturated rings. The van der Waals surface area contributed by atoms with Crippen molar-refractivity contribution in [1.82, 2.24) is 10.6 Å². The first kappa shape index (κ1) is 26.1. The van der Waals surface area contributed by atoms with E-state index in [1.54, 1.807) is 18.2 Å². The largest absolute Gasteiger partial charge is 0.355 e. The highest BCUT2D eigenvalue weighted by Gasteiger charge is 2.38. The summed E-state index contributed by atoms with van der Waals surface area (Å²) in [6.45, 7) is 0.946. The fraction of sp³-hybridized carbons (Fsp3) is 0.333. The molecule has 2 aliphatic rings. The van der Waals surface area contributed by atoms with Crippen molar-refractivity contribution in [1.29, 1.82) is 0 Å². The van der Waals surface area contributed by atoms with Crippen molar-refractivity contribution in [2.24, 2.45) is 17.0 Å². The predicted molar refractivity (Wildman–Crippen MR) is 146 cm³/mol. The van der Waals surface area contributed by atoms with E-state index >= 15 is 0 Å². The van der Waals surface area contributed by atoms with Crippen molar-refractivity contribution in [3.63, 3.8) is 0 Å². The smallest absolute Gasteiger partial charge is 0.238 e. The minimum Gasteiger partial charge on any atom is -0.355 e. The molecular weight excluding hydrogens is 498 g/mol. The molecule has 38 heavy (non-hydrogen) atoms. The zero-order valence-corrected chi connectivity index (χ0v) is 22.0. The number of rotatable bonds is 8. The summed E-state index contributed by atoms with van der Waals surface area (Å²) < 4.78 is 23.9. The van der Waals surface area contributed by atoms with E-state index < -0.39 is 10.0 Å². The molecular formula is C30H33N3O4S. The molecule has 0 aromatic heterocycles. The third-order valence-electron chi connectivity index (χ3n) is 7.89. The van der Waals surface area contributed by atoms with Gasteiger partial charge in [0, 0.05) is 36.4 Å². The highest BCUT2D eigenvalue weighted by molar-refractivity contribution is 7.89. The Kier molecular flexibility index (Phi) is 7.63. The first-order chi connectivity index (χ1) is 18.3. The van der Waals surface area contributed by atoms with Crippen LogP contribution >= 0.6 is 0 Å². The van der Waals surface area contributed by atoms with E-state index in [4.69, 9.17) is 5.14 Å². The van der Waals surface area contributed by atoms with Gasteiger partial charge in [-0.15, -0.1) is 0 Å². The Labute approximate surface area is 223 Å². The van der Waals surface area contributed by atoms with Crippen LogP contribution in [-0.2, 0) is 32.6 Å². The van der Waals surface area contributed by atoms with Gasteiger partial charge in [0.05, 0.1) is 4.90 Å². The number of primary sulfonamides is 1. The lowest BCUT2D eigenvalue weighted by atomic mass is 9.93. The number of amides is 2. The Balaban J connectivity index is 1.16. The van der Waals surface area contributed by atoms with Crippen LogP contribution in [0.1, 0.15) is 48.3 Å². The topological polar surface area (TPSA) is 118 Å². The number of aryl methyl sites for hydroxylation is 1. The van der Waals surface area contributed by atoms with Gasteiger partial charge in [-0.1, -0.05) is 73.2 Å². The summed E-state index contributed by atoms with van der Waals surface area (Å²) in [5, 5.41) is 11.5. The van der Waals surface area contributed by atoms with Gasteiger partial charge >= 0.3 is 0 Å². The zero-order chi connectivity index (χ0) is 26.7. The molecule has 0 spiro atoms. The predicted octanol–water partition coefficient (Wildman–Crippen LogP) is 3.88. The fourth-order valence-electron chi connectivity index (χ4n) is 5.88. The van der Waals surface area contributed by atoms with Gasteiger partial charge in [0.1, 0.15) is 0 Å². The van der Waals surface area contributed by atoms with E-state index in [2.05, 4.69) is 28.8 Å². The van der Waals surface area contributed by atoms with E-state index in [0.29, 0.717) is 31.0 Å². The van der Waals surface area contributed by atoms with Gasteiger partial charge in [-0.3, -0.25) is 9.59 Å². The number of nitrogens with one attached hydrogen (secondary N) is 2. The van der Waals surface area contributed by atoms with Crippen molar-refractivity contribution in [3.05, 3.63) is 89.5 Å². The summed E-state index contributed by atoms with van der Waals surface area (Å²) in [6.07, 6.45) is 4.38. The molecule has 2 amide bonds. The van der Waals surface area contributed by atoms with Crippen LogP contribution in [0.15, 0.2) is 77.7 Å². The average molecular weight is 532 g/mol. The van der Waals surface area contributed by atoms with Gasteiger partial charge in [-0.2, -0.15) is 0 Å². The lowest BCUT2D eigenvalue weighted by Gasteiger charge is -2.20. The number of hydrogen-bond acceptors (Lipinski definition) is 4. The number of carbonyl (C=O) groups is 2. The van der Waals surface area contributed by atoms with E-state index in [-0.39, 0.29) is 28.5 Å². The Morgan fingerprint density at radius 1 is 0.816 bits per heavy atom. The number of fused-ring (bicyclic) bond motifs is 1. The summed E-state index contributed by atoms with van der Waals surface area (Å²) in [7, 11) is -3.85. The highest BCUT2D eigenvalue weighted by atomic mass is 32.2. The van der Waals surface area contributed by atoms with E-state index in [1.807, 2.05) is 30.3 Å². The number of benzene rings is 3. The van der Waals surface area contributed by atoms with Crippen LogP contribution in [0.2, 0.25) is 0 Å². The van der Waals surface area contributed by atoms with E-state index in [1.165, 1.54) is 17.2 Å². The van der Waals surface area contributed by atoms with E-state index in [9.17, 15) is 18.0 Å². The molecule has 1 saturated carbocycles. The van der Waals surface area contributed by atoms with Crippen LogP contribution in [-0.4, -0.2) is 26.8 Å². The molecule has 3 aromatic carbocycles. The van der Waals surface area contributed by atoms with Crippen molar-refractivity contribution < 1.29 is 18.0 Å². The maximum absolute atomic E-state index is 13.0. The second-order valence-electron chi connectivity index (χ2n) is 10.3. The lowest BCUT2D eigenvalue weighted by Crippen LogP contribution is -2.40. The molecule has 0 saturated heterocycles. The molecule has 3 atom stereocenters. The number of carbonyl (C=O) groups excluding carboxylic acids is 2. The third-order valence-corrected chi connectivity index (χ3v) is 8.86. The molecule has 2 unspecified atom stereocenters. The molecule has 0 heterocycles. The van der Waals surface area contributed by atoms with Crippen LogP contribution in [0.3, 0.4) is 0 Å². The van der Waals surface area contributed by atoms with Crippen LogP contribution in [0.4, 0.5) is 0 Å². The molecule has 0 aliphatic heterocycles. The monoisotopic (exact) mass is 531 g/mol. The summed E-state index contributed by atoms with van der Waals surface area (Å²) in [5.41, 5.74) is 4.84. The van der Waals surface area contributed by atoms with Crippen molar-refractivity contribution >= 4 is 21.8 Å². The summed E-state index contributed by atoms with van der Waals surface area (Å²) in [4.78, 5) is 26.1. The van der Waals surface area contributed by atoms with Crippen LogP contribution in [0, 0.1) is 11.8 Å². The molecule has 0 bridgehead atoms. The number of sulfonamides is 1. The van der Waals surface area contributed by atoms with Crippen LogP contribution < -0.4 is 15.8 Å². The molecule has 8 heteroatoms. The van der Waals surface area contributed by atoms with Gasteiger partial charge in [-0.05, 0) is 54.0 Å². The zero-order valence-electron chi connectivity index (χ0n) is 21.2. The Morgan fingerprint density at radius 2 is 1.47 bits per heavy atom. The molecule has 4 N–H and O–H groups in total. The molecule has 0 radical (unpaired) electrons. The highest BCUT2D eigenvalue weighted by Crippen LogP contribution is 2.34. The molecule has 2 aliphatic carbocycles. The van der Waals surface area contributed by atoms with Gasteiger partial charge in [0.15, 0.2) is 0 Å². The van der Waals surface area contributed by atoms with Gasteiger partial charge in [0.2, 0.25) is 21.8 Å². The molecule has 7 nitrogen and oxygen atoms in total. The summed E-state index contributed by atoms with van der Waals surface area (Å²) in [6, 6.07) is 22.4. The first-order valence-corrected chi connectivity index (χ1v) is 14.7. The summed E-state index contributed by atoms with van der Waals surface area (Å²) >= 11 is 0. The first-order valence-electron chi connectivity index (χ1n) is 13.2. The number of nitrogens with two attached hydrogens (primary N) is 1. The van der Waals surface area contributed by atoms with Crippen molar-refractivity contribution in [2.75, 3.05) is 6.54 Å². The molecule has 3 aromatic rings. The fourth-order valence-corrected chi connectivity index (χ4v) is 6.64. The van der Waals surface area contributed by atoms with Crippen LogP contribution in [0.25, 0.3) is 11.1 Å². The Hall–Kier alpha value is -3.49. The third kappa shape index (κ3) is 5.66. The minimum atomic E-state index is -3.85. The van der Waals surface area contributed by atoms with Gasteiger partial charge in [-0.25, -0.2) is 13.6 Å². The van der Waals surface area contributed by atoms with Crippen molar-refractivity contribution in [2.45, 2.75) is 49.5 Å². The van der Waals surface area contributed by atoms with Crippen LogP contribution in [0.5, 0.6) is 0 Å². The second kappa shape index (κ2) is 11.1. The molecule has 198 valence electrons. The summed E-state index contributed by atoms with van der Waals surface area (Å²) in [5.74, 6) is -0.415. The quantitative estimate of drug-likeness (QED) is 0.409. The maximum Gasteiger partial charge on any atom is 0.238 e.